The van der Waals surface area contributed by atoms with Gasteiger partial charge in [-0.1, -0.05) is 19.3 Å². The molecule has 4 rings (SSSR count). The van der Waals surface area contributed by atoms with Crippen molar-refractivity contribution in [2.24, 2.45) is 4.99 Å². The number of morpholine rings is 1. The summed E-state index contributed by atoms with van der Waals surface area (Å²) in [6.07, 6.45) is 10.4. The molecule has 0 unspecified atom stereocenters. The number of nitrogens with zero attached hydrogens (tertiary/aromatic N) is 5. The van der Waals surface area contributed by atoms with E-state index in [1.54, 1.807) is 4.68 Å². The highest BCUT2D eigenvalue weighted by atomic mass is 127. The summed E-state index contributed by atoms with van der Waals surface area (Å²) < 4.78 is 9.06. The summed E-state index contributed by atoms with van der Waals surface area (Å²) >= 11 is 0. The van der Waals surface area contributed by atoms with Crippen molar-refractivity contribution in [3.8, 4) is 0 Å². The van der Waals surface area contributed by atoms with E-state index in [-0.39, 0.29) is 35.2 Å². The predicted octanol–water partition coefficient (Wildman–Crippen LogP) is 1.59. The zero-order valence-corrected chi connectivity index (χ0v) is 21.8. The number of hydrogen-bond donors (Lipinski definition) is 2. The van der Waals surface area contributed by atoms with Crippen LogP contribution in [0.1, 0.15) is 57.2 Å². The molecular formula is C22H40IN7O2. The first-order chi connectivity index (χ1) is 15.2. The highest BCUT2D eigenvalue weighted by Gasteiger charge is 2.38. The van der Waals surface area contributed by atoms with Crippen LogP contribution < -0.4 is 16.3 Å². The molecule has 2 fully saturated rings. The SMILES string of the molecule is CN=C(NCCCn1nc2n(c1=O)CCCC2)NCC1(N2CCOCC2)CCCCC1.I. The topological polar surface area (TPSA) is 88.7 Å². The number of aromatic nitrogens is 3. The molecule has 1 saturated carbocycles. The summed E-state index contributed by atoms with van der Waals surface area (Å²) in [6.45, 7) is 6.86. The fraction of sp³-hybridized carbons (Fsp3) is 0.864. The Balaban J connectivity index is 0.00000289. The lowest BCUT2D eigenvalue weighted by Gasteiger charge is -2.48. The van der Waals surface area contributed by atoms with Crippen LogP contribution in [0.2, 0.25) is 0 Å². The van der Waals surface area contributed by atoms with Gasteiger partial charge in [-0.25, -0.2) is 9.48 Å². The zero-order chi connectivity index (χ0) is 21.5. The van der Waals surface area contributed by atoms with Crippen molar-refractivity contribution in [1.82, 2.24) is 29.9 Å². The minimum atomic E-state index is 0. The second-order valence-corrected chi connectivity index (χ2v) is 9.12. The molecule has 0 amide bonds. The van der Waals surface area contributed by atoms with Crippen molar-refractivity contribution in [2.45, 2.75) is 76.4 Å². The van der Waals surface area contributed by atoms with Crippen molar-refractivity contribution in [1.29, 1.82) is 0 Å². The molecule has 0 radical (unpaired) electrons. The van der Waals surface area contributed by atoms with E-state index >= 15 is 0 Å². The fourth-order valence-corrected chi connectivity index (χ4v) is 5.35. The van der Waals surface area contributed by atoms with Crippen molar-refractivity contribution >= 4 is 29.9 Å². The number of rotatable bonds is 7. The molecule has 182 valence electrons. The predicted molar refractivity (Wildman–Crippen MR) is 137 cm³/mol. The molecule has 1 aliphatic carbocycles. The molecule has 2 aliphatic heterocycles. The molecule has 2 N–H and O–H groups in total. The molecule has 1 aromatic heterocycles. The average Bonchev–Trinajstić information content (AvgIpc) is 3.15. The van der Waals surface area contributed by atoms with Crippen LogP contribution in [-0.2, 0) is 24.2 Å². The fourth-order valence-electron chi connectivity index (χ4n) is 5.35. The van der Waals surface area contributed by atoms with Gasteiger partial charge in [-0.3, -0.25) is 14.5 Å². The summed E-state index contributed by atoms with van der Waals surface area (Å²) in [5, 5.41) is 11.5. The number of ether oxygens (including phenoxy) is 1. The van der Waals surface area contributed by atoms with Crippen LogP contribution in [0, 0.1) is 0 Å². The van der Waals surface area contributed by atoms with Gasteiger partial charge in [0.1, 0.15) is 5.82 Å². The lowest BCUT2D eigenvalue weighted by atomic mass is 9.80. The number of guanidine groups is 1. The zero-order valence-electron chi connectivity index (χ0n) is 19.5. The summed E-state index contributed by atoms with van der Waals surface area (Å²) in [7, 11) is 1.82. The summed E-state index contributed by atoms with van der Waals surface area (Å²) in [5.74, 6) is 1.79. The molecule has 0 atom stereocenters. The van der Waals surface area contributed by atoms with Crippen LogP contribution in [0.25, 0.3) is 0 Å². The van der Waals surface area contributed by atoms with E-state index in [9.17, 15) is 4.79 Å². The number of hydrogen-bond acceptors (Lipinski definition) is 5. The Labute approximate surface area is 208 Å². The number of halogens is 1. The quantitative estimate of drug-likeness (QED) is 0.228. The standard InChI is InChI=1S/C22H39N7O2.HI/c1-23-20(24-11-7-13-29-21(30)28-12-6-3-8-19(28)26-29)25-18-22(9-4-2-5-10-22)27-14-16-31-17-15-27;/h2-18H2,1H3,(H2,23,24,25);1H. The Bertz CT molecular complexity index is 795. The Morgan fingerprint density at radius 2 is 1.88 bits per heavy atom. The van der Waals surface area contributed by atoms with Gasteiger partial charge < -0.3 is 15.4 Å². The Hall–Kier alpha value is -1.14. The molecule has 1 aromatic rings. The van der Waals surface area contributed by atoms with Crippen LogP contribution in [-0.4, -0.2) is 77.2 Å². The van der Waals surface area contributed by atoms with Crippen LogP contribution in [0.4, 0.5) is 0 Å². The Kier molecular flexibility index (Phi) is 9.84. The molecule has 1 saturated heterocycles. The molecule has 9 nitrogen and oxygen atoms in total. The number of fused-ring (bicyclic) bond motifs is 1. The van der Waals surface area contributed by atoms with E-state index in [1.807, 2.05) is 11.6 Å². The van der Waals surface area contributed by atoms with Gasteiger partial charge in [-0.15, -0.1) is 24.0 Å². The lowest BCUT2D eigenvalue weighted by Crippen LogP contribution is -2.60. The van der Waals surface area contributed by atoms with Gasteiger partial charge in [0.05, 0.1) is 13.2 Å². The summed E-state index contributed by atoms with van der Waals surface area (Å²) in [6, 6.07) is 0. The molecule has 0 aromatic carbocycles. The molecule has 32 heavy (non-hydrogen) atoms. The summed E-state index contributed by atoms with van der Waals surface area (Å²) in [5.41, 5.74) is 0.254. The normalized spacial score (nSPS) is 21.5. The smallest absolute Gasteiger partial charge is 0.345 e. The monoisotopic (exact) mass is 561 g/mol. The van der Waals surface area contributed by atoms with Crippen LogP contribution >= 0.6 is 24.0 Å². The average molecular weight is 562 g/mol. The van der Waals surface area contributed by atoms with Gasteiger partial charge in [0.25, 0.3) is 0 Å². The summed E-state index contributed by atoms with van der Waals surface area (Å²) in [4.78, 5) is 19.5. The van der Waals surface area contributed by atoms with E-state index in [4.69, 9.17) is 4.74 Å². The highest BCUT2D eigenvalue weighted by Crippen LogP contribution is 2.33. The third-order valence-corrected chi connectivity index (χ3v) is 7.15. The van der Waals surface area contributed by atoms with Gasteiger partial charge in [-0.2, -0.15) is 5.10 Å². The molecule has 3 heterocycles. The first-order valence-corrected chi connectivity index (χ1v) is 12.2. The van der Waals surface area contributed by atoms with Gasteiger partial charge in [0.2, 0.25) is 0 Å². The maximum Gasteiger partial charge on any atom is 0.345 e. The second kappa shape index (κ2) is 12.4. The Morgan fingerprint density at radius 1 is 1.09 bits per heavy atom. The van der Waals surface area contributed by atoms with Crippen molar-refractivity contribution in [3.63, 3.8) is 0 Å². The van der Waals surface area contributed by atoms with Gasteiger partial charge in [-0.05, 0) is 32.1 Å². The van der Waals surface area contributed by atoms with Crippen LogP contribution in [0.15, 0.2) is 9.79 Å². The minimum Gasteiger partial charge on any atom is -0.379 e. The largest absolute Gasteiger partial charge is 0.379 e. The van der Waals surface area contributed by atoms with E-state index in [0.29, 0.717) is 6.54 Å². The van der Waals surface area contributed by atoms with Crippen LogP contribution in [0.5, 0.6) is 0 Å². The minimum absolute atomic E-state index is 0. The second-order valence-electron chi connectivity index (χ2n) is 9.12. The third-order valence-electron chi connectivity index (χ3n) is 7.15. The highest BCUT2D eigenvalue weighted by molar-refractivity contribution is 14.0. The molecule has 10 heteroatoms. The maximum atomic E-state index is 12.5. The van der Waals surface area contributed by atoms with Gasteiger partial charge >= 0.3 is 5.69 Å². The van der Waals surface area contributed by atoms with E-state index < -0.39 is 0 Å². The number of nitrogens with one attached hydrogen (secondary N) is 2. The third kappa shape index (κ3) is 6.05. The molecule has 0 spiro atoms. The number of aryl methyl sites for hydroxylation is 2. The van der Waals surface area contributed by atoms with E-state index in [0.717, 1.165) is 83.4 Å². The van der Waals surface area contributed by atoms with Gasteiger partial charge in [0, 0.05) is 58.3 Å². The van der Waals surface area contributed by atoms with E-state index in [2.05, 4.69) is 25.6 Å². The lowest BCUT2D eigenvalue weighted by molar-refractivity contribution is -0.0352. The van der Waals surface area contributed by atoms with Crippen molar-refractivity contribution in [2.75, 3.05) is 46.4 Å². The molecular weight excluding hydrogens is 521 g/mol. The van der Waals surface area contributed by atoms with Crippen molar-refractivity contribution in [3.05, 3.63) is 16.3 Å². The number of aliphatic imine (C=N–C) groups is 1. The van der Waals surface area contributed by atoms with Crippen LogP contribution in [0.3, 0.4) is 0 Å². The van der Waals surface area contributed by atoms with E-state index in [1.165, 1.54) is 32.1 Å². The van der Waals surface area contributed by atoms with Crippen molar-refractivity contribution < 1.29 is 4.74 Å². The maximum absolute atomic E-state index is 12.5. The molecule has 0 bridgehead atoms. The first-order valence-electron chi connectivity index (χ1n) is 12.2. The van der Waals surface area contributed by atoms with Gasteiger partial charge in [0.15, 0.2) is 5.96 Å². The molecule has 3 aliphatic rings. The Morgan fingerprint density at radius 3 is 2.59 bits per heavy atom. The first kappa shape index (κ1) is 25.5.